The summed E-state index contributed by atoms with van der Waals surface area (Å²) < 4.78 is 35.2. The molecule has 10 nitrogen and oxygen atoms in total. The third-order valence-electron chi connectivity index (χ3n) is 8.12. The number of nitrogens with zero attached hydrogens (tertiary/aromatic N) is 2. The third kappa shape index (κ3) is 7.55. The Morgan fingerprint density at radius 2 is 1.80 bits per heavy atom. The van der Waals surface area contributed by atoms with E-state index >= 15 is 0 Å². The van der Waals surface area contributed by atoms with Crippen LogP contribution in [-0.4, -0.2) is 74.2 Å². The van der Waals surface area contributed by atoms with Gasteiger partial charge in [-0.25, -0.2) is 13.2 Å². The van der Waals surface area contributed by atoms with Crippen molar-refractivity contribution in [3.05, 3.63) is 95.5 Å². The Balaban J connectivity index is 1.41. The van der Waals surface area contributed by atoms with Crippen molar-refractivity contribution in [1.82, 2.24) is 9.80 Å². The second-order valence-electron chi connectivity index (χ2n) is 11.6. The number of fused-ring (bicyclic) bond motifs is 2. The second-order valence-corrected chi connectivity index (χ2v) is 13.7. The predicted molar refractivity (Wildman–Crippen MR) is 180 cm³/mol. The fourth-order valence-electron chi connectivity index (χ4n) is 5.44. The van der Waals surface area contributed by atoms with E-state index in [1.165, 1.54) is 29.2 Å². The van der Waals surface area contributed by atoms with E-state index in [0.29, 0.717) is 22.0 Å². The molecule has 3 N–H and O–H groups in total. The van der Waals surface area contributed by atoms with E-state index < -0.39 is 22.2 Å². The van der Waals surface area contributed by atoms with Crippen LogP contribution in [0.2, 0.25) is 5.02 Å². The van der Waals surface area contributed by atoms with Crippen LogP contribution in [-0.2, 0) is 21.2 Å². The number of rotatable bonds is 8. The van der Waals surface area contributed by atoms with Gasteiger partial charge in [0.15, 0.2) is 0 Å². The minimum atomic E-state index is -3.94. The van der Waals surface area contributed by atoms with Gasteiger partial charge in [0, 0.05) is 41.2 Å². The SMILES string of the molecule is C[C@@H]1CN([C@@H](C)CO)C(=O)Cc2cc(NS(=O)(=O)c3ccc(Cl)cc3)ccc2O[C@@H]1CN(C)C(=O)Nc1cccc2ccccc12. The van der Waals surface area contributed by atoms with Crippen LogP contribution < -0.4 is 14.8 Å². The van der Waals surface area contributed by atoms with Crippen LogP contribution >= 0.6 is 11.6 Å². The first kappa shape index (κ1) is 33.1. The maximum Gasteiger partial charge on any atom is 0.321 e. The number of nitrogens with one attached hydrogen (secondary N) is 2. The van der Waals surface area contributed by atoms with E-state index in [4.69, 9.17) is 16.3 Å². The lowest BCUT2D eigenvalue weighted by molar-refractivity contribution is -0.134. The summed E-state index contributed by atoms with van der Waals surface area (Å²) in [6, 6.07) is 23.3. The molecule has 0 fully saturated rings. The van der Waals surface area contributed by atoms with Gasteiger partial charge in [0.1, 0.15) is 11.9 Å². The van der Waals surface area contributed by atoms with Crippen molar-refractivity contribution in [1.29, 1.82) is 0 Å². The van der Waals surface area contributed by atoms with E-state index in [-0.39, 0.29) is 54.6 Å². The van der Waals surface area contributed by atoms with Gasteiger partial charge in [-0.05, 0) is 60.8 Å². The number of ether oxygens (including phenoxy) is 1. The molecule has 46 heavy (non-hydrogen) atoms. The largest absolute Gasteiger partial charge is 0.488 e. The van der Waals surface area contributed by atoms with Crippen LogP contribution in [0.4, 0.5) is 16.2 Å². The van der Waals surface area contributed by atoms with E-state index in [9.17, 15) is 23.1 Å². The average molecular weight is 665 g/mol. The van der Waals surface area contributed by atoms with Gasteiger partial charge in [-0.3, -0.25) is 9.52 Å². The van der Waals surface area contributed by atoms with Gasteiger partial charge >= 0.3 is 6.03 Å². The fraction of sp³-hybridized carbons (Fsp3) is 0.294. The van der Waals surface area contributed by atoms with Crippen LogP contribution in [0.15, 0.2) is 89.8 Å². The number of carbonyl (C=O) groups excluding carboxylic acids is 2. The van der Waals surface area contributed by atoms with Crippen LogP contribution in [0, 0.1) is 5.92 Å². The zero-order valence-electron chi connectivity index (χ0n) is 25.8. The number of amides is 3. The van der Waals surface area contributed by atoms with Crippen LogP contribution in [0.5, 0.6) is 5.75 Å². The lowest BCUT2D eigenvalue weighted by Gasteiger charge is -2.34. The first-order valence-corrected chi connectivity index (χ1v) is 16.8. The summed E-state index contributed by atoms with van der Waals surface area (Å²) in [4.78, 5) is 30.1. The molecule has 0 aliphatic carbocycles. The predicted octanol–water partition coefficient (Wildman–Crippen LogP) is 5.61. The molecule has 0 aromatic heterocycles. The summed E-state index contributed by atoms with van der Waals surface area (Å²) in [6.45, 7) is 3.95. The molecule has 1 heterocycles. The Labute approximate surface area is 274 Å². The number of carbonyl (C=O) groups is 2. The molecule has 0 bridgehead atoms. The number of aliphatic hydroxyl groups excluding tert-OH is 1. The summed E-state index contributed by atoms with van der Waals surface area (Å²) >= 11 is 5.92. The van der Waals surface area contributed by atoms with Crippen molar-refractivity contribution in [3.63, 3.8) is 0 Å². The number of hydrogen-bond donors (Lipinski definition) is 3. The Hall–Kier alpha value is -4.32. The Kier molecular flexibility index (Phi) is 10.0. The Morgan fingerprint density at radius 1 is 1.09 bits per heavy atom. The van der Waals surface area contributed by atoms with Crippen LogP contribution in [0.25, 0.3) is 10.8 Å². The minimum absolute atomic E-state index is 0.0365. The molecule has 3 amide bonds. The third-order valence-corrected chi connectivity index (χ3v) is 9.77. The molecule has 242 valence electrons. The molecule has 0 spiro atoms. The maximum absolute atomic E-state index is 13.6. The normalized spacial score (nSPS) is 17.6. The van der Waals surface area contributed by atoms with Gasteiger partial charge in [0.2, 0.25) is 5.91 Å². The minimum Gasteiger partial charge on any atom is -0.488 e. The lowest BCUT2D eigenvalue weighted by atomic mass is 10.0. The van der Waals surface area contributed by atoms with Gasteiger partial charge in [0.05, 0.1) is 36.2 Å². The maximum atomic E-state index is 13.6. The number of halogens is 1. The zero-order valence-corrected chi connectivity index (χ0v) is 27.4. The molecular formula is C34H37ClN4O6S. The van der Waals surface area contributed by atoms with Gasteiger partial charge in [-0.2, -0.15) is 0 Å². The summed E-state index contributed by atoms with van der Waals surface area (Å²) in [6.07, 6.45) is -0.620. The summed E-state index contributed by atoms with van der Waals surface area (Å²) in [5, 5.41) is 15.3. The highest BCUT2D eigenvalue weighted by atomic mass is 35.5. The van der Waals surface area contributed by atoms with Crippen LogP contribution in [0.3, 0.4) is 0 Å². The number of aliphatic hydroxyl groups is 1. The Morgan fingerprint density at radius 3 is 2.54 bits per heavy atom. The first-order valence-electron chi connectivity index (χ1n) is 14.9. The van der Waals surface area contributed by atoms with Gasteiger partial charge in [0.25, 0.3) is 10.0 Å². The quantitative estimate of drug-likeness (QED) is 0.225. The van der Waals surface area contributed by atoms with Crippen LogP contribution in [0.1, 0.15) is 19.4 Å². The first-order chi connectivity index (χ1) is 21.9. The highest BCUT2D eigenvalue weighted by Crippen LogP contribution is 2.31. The van der Waals surface area contributed by atoms with Gasteiger partial charge in [-0.15, -0.1) is 0 Å². The standard InChI is InChI=1S/C34H37ClN4O6S/c1-22-19-39(23(2)21-40)33(41)18-25-17-27(37-46(43,44)28-14-11-26(35)12-15-28)13-16-31(25)45-32(22)20-38(3)34(42)36-30-10-6-8-24-7-4-5-9-29(24)30/h4-17,22-23,32,37,40H,18-21H2,1-3H3,(H,36,42)/t22-,23+,32-/m1/s1. The number of anilines is 2. The number of likely N-dealkylation sites (N-methyl/N-ethyl adjacent to an activating group) is 1. The fourth-order valence-corrected chi connectivity index (χ4v) is 6.61. The highest BCUT2D eigenvalue weighted by molar-refractivity contribution is 7.92. The van der Waals surface area contributed by atoms with Crippen molar-refractivity contribution < 1.29 is 27.9 Å². The van der Waals surface area contributed by atoms with E-state index in [1.807, 2.05) is 49.4 Å². The monoisotopic (exact) mass is 664 g/mol. The topological polar surface area (TPSA) is 128 Å². The van der Waals surface area contributed by atoms with Gasteiger partial charge in [-0.1, -0.05) is 54.9 Å². The lowest BCUT2D eigenvalue weighted by Crippen LogP contribution is -2.48. The summed E-state index contributed by atoms with van der Waals surface area (Å²) in [7, 11) is -2.26. The smallest absolute Gasteiger partial charge is 0.321 e. The molecular weight excluding hydrogens is 628 g/mol. The molecule has 0 unspecified atom stereocenters. The molecule has 12 heteroatoms. The molecule has 3 atom stereocenters. The molecule has 4 aromatic rings. The van der Waals surface area contributed by atoms with Crippen molar-refractivity contribution in [2.45, 2.75) is 37.3 Å². The molecule has 5 rings (SSSR count). The summed E-state index contributed by atoms with van der Waals surface area (Å²) in [5.74, 6) is -0.0699. The van der Waals surface area contributed by atoms with E-state index in [1.54, 1.807) is 37.1 Å². The molecule has 1 aliphatic heterocycles. The number of urea groups is 1. The highest BCUT2D eigenvalue weighted by Gasteiger charge is 2.32. The molecule has 0 saturated carbocycles. The molecule has 0 saturated heterocycles. The average Bonchev–Trinajstić information content (AvgIpc) is 3.08. The number of hydrogen-bond acceptors (Lipinski definition) is 6. The van der Waals surface area contributed by atoms with Crippen molar-refractivity contribution in [3.8, 4) is 5.75 Å². The van der Waals surface area contributed by atoms with E-state index in [2.05, 4.69) is 10.0 Å². The summed E-state index contributed by atoms with van der Waals surface area (Å²) in [5.41, 5.74) is 1.41. The molecule has 1 aliphatic rings. The van der Waals surface area contributed by atoms with Crippen molar-refractivity contribution >= 4 is 55.7 Å². The Bertz CT molecular complexity index is 1830. The van der Waals surface area contributed by atoms with E-state index in [0.717, 1.165) is 10.8 Å². The zero-order chi connectivity index (χ0) is 33.0. The molecule has 0 radical (unpaired) electrons. The molecule has 4 aromatic carbocycles. The van der Waals surface area contributed by atoms with Gasteiger partial charge < -0.3 is 25.0 Å². The van der Waals surface area contributed by atoms with Crippen molar-refractivity contribution in [2.24, 2.45) is 5.92 Å². The van der Waals surface area contributed by atoms with Crippen molar-refractivity contribution in [2.75, 3.05) is 36.8 Å². The number of sulfonamides is 1. The second kappa shape index (κ2) is 14.0. The number of benzene rings is 4.